The molecule has 25 heavy (non-hydrogen) atoms. The van der Waals surface area contributed by atoms with E-state index in [-0.39, 0.29) is 29.5 Å². The zero-order chi connectivity index (χ0) is 17.6. The van der Waals surface area contributed by atoms with Gasteiger partial charge in [-0.25, -0.2) is 4.39 Å². The van der Waals surface area contributed by atoms with Gasteiger partial charge >= 0.3 is 5.97 Å². The van der Waals surface area contributed by atoms with Crippen LogP contribution in [0, 0.1) is 29.5 Å². The number of halogens is 1. The van der Waals surface area contributed by atoms with Crippen molar-refractivity contribution in [2.24, 2.45) is 23.7 Å². The summed E-state index contributed by atoms with van der Waals surface area (Å²) in [6.07, 6.45) is 2.83. The first kappa shape index (κ1) is 16.4. The molecule has 1 N–H and O–H groups in total. The summed E-state index contributed by atoms with van der Waals surface area (Å²) in [6, 6.07) is 6.39. The first-order chi connectivity index (χ1) is 12.0. The molecule has 2 saturated carbocycles. The Morgan fingerprint density at radius 1 is 0.960 bits per heavy atom. The Morgan fingerprint density at radius 3 is 2.16 bits per heavy atom. The molecule has 4 rings (SSSR count). The number of carbonyl (C=O) groups is 2. The van der Waals surface area contributed by atoms with Crippen LogP contribution in [0.4, 0.5) is 10.1 Å². The number of benzene rings is 1. The highest BCUT2D eigenvalue weighted by Gasteiger charge is 2.54. The van der Waals surface area contributed by atoms with Gasteiger partial charge in [-0.05, 0) is 55.4 Å². The number of carbonyl (C=O) groups excluding carboxylic acids is 1. The van der Waals surface area contributed by atoms with Gasteiger partial charge in [-0.2, -0.15) is 0 Å². The molecule has 2 bridgehead atoms. The van der Waals surface area contributed by atoms with Crippen LogP contribution in [0.2, 0.25) is 0 Å². The maximum absolute atomic E-state index is 13.1. The van der Waals surface area contributed by atoms with Gasteiger partial charge in [0.1, 0.15) is 5.82 Å². The van der Waals surface area contributed by atoms with E-state index in [1.807, 2.05) is 4.90 Å². The molecule has 1 aromatic carbocycles. The number of amides is 1. The lowest BCUT2D eigenvalue weighted by molar-refractivity contribution is -0.153. The summed E-state index contributed by atoms with van der Waals surface area (Å²) >= 11 is 0. The molecule has 1 heterocycles. The molecule has 4 atom stereocenters. The lowest BCUT2D eigenvalue weighted by atomic mass is 9.78. The van der Waals surface area contributed by atoms with E-state index in [1.165, 1.54) is 12.1 Å². The molecule has 0 aromatic heterocycles. The normalized spacial score (nSPS) is 31.4. The predicted octanol–water partition coefficient (Wildman–Crippen LogP) is 2.22. The number of fused-ring (bicyclic) bond motifs is 2. The van der Waals surface area contributed by atoms with Crippen LogP contribution in [0.3, 0.4) is 0 Å². The lowest BCUT2D eigenvalue weighted by Crippen LogP contribution is -2.52. The quantitative estimate of drug-likeness (QED) is 0.912. The molecule has 6 heteroatoms. The van der Waals surface area contributed by atoms with Crippen LogP contribution in [0.1, 0.15) is 19.3 Å². The first-order valence-electron chi connectivity index (χ1n) is 9.06. The Bertz CT molecular complexity index is 670. The van der Waals surface area contributed by atoms with Crippen LogP contribution in [0.15, 0.2) is 24.3 Å². The van der Waals surface area contributed by atoms with Gasteiger partial charge in [0.2, 0.25) is 5.91 Å². The average molecular weight is 346 g/mol. The summed E-state index contributed by atoms with van der Waals surface area (Å²) < 4.78 is 13.1. The standard InChI is InChI=1S/C19H23FN2O3/c20-14-3-5-15(6-4-14)21-7-9-22(10-8-21)18(23)16-12-1-2-13(11-12)17(16)19(24)25/h3-6,12-13,16-17H,1-2,7-11H2,(H,24,25)/t12-,13-,16-,17+/m0/s1. The molecule has 1 aliphatic heterocycles. The van der Waals surface area contributed by atoms with E-state index in [0.717, 1.165) is 24.9 Å². The summed E-state index contributed by atoms with van der Waals surface area (Å²) in [4.78, 5) is 28.6. The highest BCUT2D eigenvalue weighted by Crippen LogP contribution is 2.53. The minimum Gasteiger partial charge on any atom is -0.481 e. The second-order valence-electron chi connectivity index (χ2n) is 7.51. The van der Waals surface area contributed by atoms with E-state index < -0.39 is 11.9 Å². The first-order valence-corrected chi connectivity index (χ1v) is 9.06. The summed E-state index contributed by atoms with van der Waals surface area (Å²) in [5.41, 5.74) is 0.955. The number of hydrogen-bond acceptors (Lipinski definition) is 3. The van der Waals surface area contributed by atoms with Crippen LogP contribution >= 0.6 is 0 Å². The van der Waals surface area contributed by atoms with Crippen molar-refractivity contribution in [1.29, 1.82) is 0 Å². The van der Waals surface area contributed by atoms with Gasteiger partial charge in [0.25, 0.3) is 0 Å². The molecule has 5 nitrogen and oxygen atoms in total. The third-order valence-electron chi connectivity index (χ3n) is 6.27. The molecule has 3 fully saturated rings. The predicted molar refractivity (Wildman–Crippen MR) is 90.6 cm³/mol. The molecule has 2 aliphatic carbocycles. The fourth-order valence-electron chi connectivity index (χ4n) is 5.05. The molecule has 1 saturated heterocycles. The van der Waals surface area contributed by atoms with Gasteiger partial charge in [0.05, 0.1) is 11.8 Å². The van der Waals surface area contributed by atoms with Gasteiger partial charge in [-0.15, -0.1) is 0 Å². The number of nitrogens with zero attached hydrogens (tertiary/aromatic N) is 2. The van der Waals surface area contributed by atoms with Gasteiger partial charge < -0.3 is 14.9 Å². The van der Waals surface area contributed by atoms with Crippen molar-refractivity contribution in [1.82, 2.24) is 4.90 Å². The SMILES string of the molecule is O=C(O)[C@@H]1[C@H]2CC[C@@H](C2)[C@@H]1C(=O)N1CCN(c2ccc(F)cc2)CC1. The molecule has 1 aromatic rings. The molecule has 1 amide bonds. The Hall–Kier alpha value is -2.11. The summed E-state index contributed by atoms with van der Waals surface area (Å²) in [6.45, 7) is 2.57. The number of piperazine rings is 1. The maximum atomic E-state index is 13.1. The average Bonchev–Trinajstić information content (AvgIpc) is 3.23. The fourth-order valence-corrected chi connectivity index (χ4v) is 5.05. The molecule has 0 unspecified atom stereocenters. The van der Waals surface area contributed by atoms with Crippen molar-refractivity contribution < 1.29 is 19.1 Å². The van der Waals surface area contributed by atoms with Crippen molar-refractivity contribution in [3.05, 3.63) is 30.1 Å². The van der Waals surface area contributed by atoms with Crippen molar-refractivity contribution >= 4 is 17.6 Å². The molecular formula is C19H23FN2O3. The van der Waals surface area contributed by atoms with E-state index in [0.29, 0.717) is 26.2 Å². The second kappa shape index (κ2) is 6.32. The largest absolute Gasteiger partial charge is 0.481 e. The number of carboxylic acid groups (broad SMARTS) is 1. The van der Waals surface area contributed by atoms with Crippen molar-refractivity contribution in [2.45, 2.75) is 19.3 Å². The lowest BCUT2D eigenvalue weighted by Gasteiger charge is -2.39. The van der Waals surface area contributed by atoms with Crippen LogP contribution in [-0.4, -0.2) is 48.1 Å². The van der Waals surface area contributed by atoms with Gasteiger partial charge in [0.15, 0.2) is 0 Å². The number of rotatable bonds is 3. The molecule has 134 valence electrons. The number of hydrogen-bond donors (Lipinski definition) is 1. The van der Waals surface area contributed by atoms with E-state index in [2.05, 4.69) is 4.90 Å². The number of anilines is 1. The smallest absolute Gasteiger partial charge is 0.307 e. The zero-order valence-corrected chi connectivity index (χ0v) is 14.1. The summed E-state index contributed by atoms with van der Waals surface area (Å²) in [7, 11) is 0. The molecular weight excluding hydrogens is 323 g/mol. The van der Waals surface area contributed by atoms with E-state index in [9.17, 15) is 19.1 Å². The van der Waals surface area contributed by atoms with Crippen LogP contribution in [0.5, 0.6) is 0 Å². The molecule has 0 radical (unpaired) electrons. The number of aliphatic carboxylic acids is 1. The number of carboxylic acids is 1. The highest BCUT2D eigenvalue weighted by atomic mass is 19.1. The van der Waals surface area contributed by atoms with E-state index in [4.69, 9.17) is 0 Å². The third-order valence-corrected chi connectivity index (χ3v) is 6.27. The molecule has 0 spiro atoms. The monoisotopic (exact) mass is 346 g/mol. The fraction of sp³-hybridized carbons (Fsp3) is 0.579. The van der Waals surface area contributed by atoms with Gasteiger partial charge in [-0.1, -0.05) is 0 Å². The summed E-state index contributed by atoms with van der Waals surface area (Å²) in [5, 5.41) is 9.56. The Balaban J connectivity index is 1.41. The van der Waals surface area contributed by atoms with Gasteiger partial charge in [0, 0.05) is 31.9 Å². The van der Waals surface area contributed by atoms with E-state index >= 15 is 0 Å². The Morgan fingerprint density at radius 2 is 1.56 bits per heavy atom. The molecule has 3 aliphatic rings. The van der Waals surface area contributed by atoms with Crippen molar-refractivity contribution in [3.8, 4) is 0 Å². The van der Waals surface area contributed by atoms with Gasteiger partial charge in [-0.3, -0.25) is 9.59 Å². The summed E-state index contributed by atoms with van der Waals surface area (Å²) in [5.74, 6) is -1.46. The topological polar surface area (TPSA) is 60.9 Å². The Labute approximate surface area is 146 Å². The minimum absolute atomic E-state index is 0.0263. The van der Waals surface area contributed by atoms with Crippen LogP contribution in [-0.2, 0) is 9.59 Å². The highest BCUT2D eigenvalue weighted by molar-refractivity contribution is 5.86. The van der Waals surface area contributed by atoms with E-state index in [1.54, 1.807) is 12.1 Å². The minimum atomic E-state index is -0.810. The maximum Gasteiger partial charge on any atom is 0.307 e. The van der Waals surface area contributed by atoms with Crippen molar-refractivity contribution in [2.75, 3.05) is 31.1 Å². The Kier molecular flexibility index (Phi) is 4.13. The third kappa shape index (κ3) is 2.87. The zero-order valence-electron chi connectivity index (χ0n) is 14.1. The van der Waals surface area contributed by atoms with Crippen LogP contribution in [0.25, 0.3) is 0 Å². The van der Waals surface area contributed by atoms with Crippen LogP contribution < -0.4 is 4.90 Å². The second-order valence-corrected chi connectivity index (χ2v) is 7.51. The van der Waals surface area contributed by atoms with Crippen molar-refractivity contribution in [3.63, 3.8) is 0 Å².